The number of non-ortho nitro benzene ring substituents is 1. The van der Waals surface area contributed by atoms with Crippen molar-refractivity contribution in [3.05, 3.63) is 75.8 Å². The van der Waals surface area contributed by atoms with E-state index in [-0.39, 0.29) is 29.7 Å². The third-order valence-electron chi connectivity index (χ3n) is 4.78. The lowest BCUT2D eigenvalue weighted by atomic mass is 9.75. The summed E-state index contributed by atoms with van der Waals surface area (Å²) in [6.45, 7) is 6.96. The zero-order chi connectivity index (χ0) is 18.4. The predicted molar refractivity (Wildman–Crippen MR) is 99.6 cm³/mol. The molecule has 0 saturated carbocycles. The van der Waals surface area contributed by atoms with Crippen molar-refractivity contribution in [2.75, 3.05) is 13.2 Å². The fourth-order valence-electron chi connectivity index (χ4n) is 2.94. The van der Waals surface area contributed by atoms with Crippen LogP contribution in [-0.2, 0) is 0 Å². The van der Waals surface area contributed by atoms with Gasteiger partial charge in [-0.3, -0.25) is 10.1 Å². The van der Waals surface area contributed by atoms with Crippen LogP contribution < -0.4 is 5.32 Å². The van der Waals surface area contributed by atoms with E-state index in [2.05, 4.69) is 31.3 Å². The van der Waals surface area contributed by atoms with E-state index in [0.29, 0.717) is 6.54 Å². The second-order valence-electron chi connectivity index (χ2n) is 7.09. The van der Waals surface area contributed by atoms with Crippen LogP contribution in [-0.4, -0.2) is 23.2 Å². The van der Waals surface area contributed by atoms with Gasteiger partial charge in [0.2, 0.25) is 0 Å². The van der Waals surface area contributed by atoms with Crippen LogP contribution in [0.15, 0.2) is 54.6 Å². The molecule has 0 fully saturated rings. The molecule has 0 spiro atoms. The van der Waals surface area contributed by atoms with Crippen molar-refractivity contribution in [3.8, 4) is 0 Å². The Morgan fingerprint density at radius 2 is 1.68 bits per heavy atom. The molecular formula is C20H26N2O3. The molecule has 0 saturated heterocycles. The van der Waals surface area contributed by atoms with Crippen molar-refractivity contribution >= 4 is 5.69 Å². The van der Waals surface area contributed by atoms with E-state index in [0.717, 1.165) is 5.56 Å². The summed E-state index contributed by atoms with van der Waals surface area (Å²) < 4.78 is 0. The standard InChI is InChI=1S/C20H26N2O3/c1-15(16-9-11-18(12-10-16)22(24)25)21-13-19(20(2,3)14-23)17-7-5-4-6-8-17/h4-12,15,19,21,23H,13-14H2,1-3H3. The van der Waals surface area contributed by atoms with E-state index >= 15 is 0 Å². The minimum Gasteiger partial charge on any atom is -0.396 e. The highest BCUT2D eigenvalue weighted by atomic mass is 16.6. The van der Waals surface area contributed by atoms with Crippen molar-refractivity contribution in [3.63, 3.8) is 0 Å². The first kappa shape index (κ1) is 19.1. The normalized spacial score (nSPS) is 14.1. The summed E-state index contributed by atoms with van der Waals surface area (Å²) in [4.78, 5) is 10.4. The molecule has 2 atom stereocenters. The van der Waals surface area contributed by atoms with Crippen LogP contribution in [0.5, 0.6) is 0 Å². The summed E-state index contributed by atoms with van der Waals surface area (Å²) in [6, 6.07) is 16.8. The zero-order valence-electron chi connectivity index (χ0n) is 15.0. The number of rotatable bonds is 8. The maximum absolute atomic E-state index is 10.8. The number of hydrogen-bond acceptors (Lipinski definition) is 4. The van der Waals surface area contributed by atoms with Gasteiger partial charge in [0.05, 0.1) is 4.92 Å². The number of aliphatic hydroxyl groups is 1. The Morgan fingerprint density at radius 1 is 1.08 bits per heavy atom. The Labute approximate surface area is 148 Å². The number of nitro groups is 1. The number of nitrogens with one attached hydrogen (secondary N) is 1. The molecule has 2 aromatic rings. The maximum atomic E-state index is 10.8. The van der Waals surface area contributed by atoms with Crippen molar-refractivity contribution < 1.29 is 10.0 Å². The minimum absolute atomic E-state index is 0.0570. The van der Waals surface area contributed by atoms with Gasteiger partial charge in [-0.05, 0) is 23.5 Å². The van der Waals surface area contributed by atoms with Crippen LogP contribution in [0.3, 0.4) is 0 Å². The van der Waals surface area contributed by atoms with Crippen LogP contribution in [0, 0.1) is 15.5 Å². The van der Waals surface area contributed by atoms with Crippen molar-refractivity contribution in [2.24, 2.45) is 5.41 Å². The Kier molecular flexibility index (Phi) is 6.28. The molecule has 0 radical (unpaired) electrons. The fraction of sp³-hybridized carbons (Fsp3) is 0.400. The van der Waals surface area contributed by atoms with E-state index in [1.165, 1.54) is 17.7 Å². The molecule has 5 heteroatoms. The van der Waals surface area contributed by atoms with Gasteiger partial charge in [0.1, 0.15) is 0 Å². The summed E-state index contributed by atoms with van der Waals surface area (Å²) in [5, 5.41) is 24.1. The molecule has 25 heavy (non-hydrogen) atoms. The largest absolute Gasteiger partial charge is 0.396 e. The van der Waals surface area contributed by atoms with Gasteiger partial charge in [0, 0.05) is 37.2 Å². The Hall–Kier alpha value is -2.24. The molecule has 0 amide bonds. The van der Waals surface area contributed by atoms with Gasteiger partial charge in [0.25, 0.3) is 5.69 Å². The summed E-state index contributed by atoms with van der Waals surface area (Å²) in [6.07, 6.45) is 0. The SMILES string of the molecule is CC(NCC(c1ccccc1)C(C)(C)CO)c1ccc([N+](=O)[O-])cc1. The number of nitro benzene ring substituents is 1. The van der Waals surface area contributed by atoms with Gasteiger partial charge in [-0.1, -0.05) is 56.3 Å². The quantitative estimate of drug-likeness (QED) is 0.560. The Morgan fingerprint density at radius 3 is 2.20 bits per heavy atom. The van der Waals surface area contributed by atoms with Crippen LogP contribution in [0.1, 0.15) is 43.9 Å². The maximum Gasteiger partial charge on any atom is 0.269 e. The average molecular weight is 342 g/mol. The first-order valence-electron chi connectivity index (χ1n) is 8.48. The van der Waals surface area contributed by atoms with Crippen LogP contribution >= 0.6 is 0 Å². The number of hydrogen-bond donors (Lipinski definition) is 2. The molecule has 134 valence electrons. The molecule has 0 heterocycles. The molecule has 2 rings (SSSR count). The molecule has 0 aliphatic carbocycles. The smallest absolute Gasteiger partial charge is 0.269 e. The number of aliphatic hydroxyl groups excluding tert-OH is 1. The third-order valence-corrected chi connectivity index (χ3v) is 4.78. The van der Waals surface area contributed by atoms with E-state index in [4.69, 9.17) is 0 Å². The lowest BCUT2D eigenvalue weighted by molar-refractivity contribution is -0.384. The van der Waals surface area contributed by atoms with Crippen molar-refractivity contribution in [2.45, 2.75) is 32.7 Å². The summed E-state index contributed by atoms with van der Waals surface area (Å²) >= 11 is 0. The molecule has 0 aromatic heterocycles. The first-order chi connectivity index (χ1) is 11.8. The number of nitrogens with zero attached hydrogens (tertiary/aromatic N) is 1. The third kappa shape index (κ3) is 4.87. The average Bonchev–Trinajstić information content (AvgIpc) is 2.62. The van der Waals surface area contributed by atoms with Crippen molar-refractivity contribution in [1.82, 2.24) is 5.32 Å². The summed E-state index contributed by atoms with van der Waals surface area (Å²) in [5.74, 6) is 0.152. The van der Waals surface area contributed by atoms with E-state index in [9.17, 15) is 15.2 Å². The van der Waals surface area contributed by atoms with Gasteiger partial charge < -0.3 is 10.4 Å². The molecule has 2 aromatic carbocycles. The second-order valence-corrected chi connectivity index (χ2v) is 7.09. The summed E-state index contributed by atoms with van der Waals surface area (Å²) in [5.41, 5.74) is 2.02. The molecule has 5 nitrogen and oxygen atoms in total. The second kappa shape index (κ2) is 8.23. The van der Waals surface area contributed by atoms with Gasteiger partial charge >= 0.3 is 0 Å². The fourth-order valence-corrected chi connectivity index (χ4v) is 2.94. The van der Waals surface area contributed by atoms with Gasteiger partial charge in [-0.2, -0.15) is 0 Å². The number of benzene rings is 2. The Bertz CT molecular complexity index is 684. The molecule has 0 aliphatic rings. The molecule has 0 bridgehead atoms. The minimum atomic E-state index is -0.392. The lowest BCUT2D eigenvalue weighted by Gasteiger charge is -2.34. The van der Waals surface area contributed by atoms with Gasteiger partial charge in [-0.25, -0.2) is 0 Å². The van der Waals surface area contributed by atoms with Crippen LogP contribution in [0.25, 0.3) is 0 Å². The molecular weight excluding hydrogens is 316 g/mol. The molecule has 0 aliphatic heterocycles. The van der Waals surface area contributed by atoms with E-state index in [1.807, 2.05) is 25.1 Å². The highest BCUT2D eigenvalue weighted by molar-refractivity contribution is 5.34. The Balaban J connectivity index is 2.10. The van der Waals surface area contributed by atoms with Crippen LogP contribution in [0.2, 0.25) is 0 Å². The predicted octanol–water partition coefficient (Wildman–Crippen LogP) is 4.05. The topological polar surface area (TPSA) is 75.4 Å². The van der Waals surface area contributed by atoms with Crippen molar-refractivity contribution in [1.29, 1.82) is 0 Å². The highest BCUT2D eigenvalue weighted by Gasteiger charge is 2.30. The van der Waals surface area contributed by atoms with E-state index < -0.39 is 4.92 Å². The van der Waals surface area contributed by atoms with Crippen LogP contribution in [0.4, 0.5) is 5.69 Å². The first-order valence-corrected chi connectivity index (χ1v) is 8.48. The van der Waals surface area contributed by atoms with Gasteiger partial charge in [0.15, 0.2) is 0 Å². The van der Waals surface area contributed by atoms with E-state index in [1.54, 1.807) is 12.1 Å². The zero-order valence-corrected chi connectivity index (χ0v) is 15.0. The molecule has 2 unspecified atom stereocenters. The summed E-state index contributed by atoms with van der Waals surface area (Å²) in [7, 11) is 0. The lowest BCUT2D eigenvalue weighted by Crippen LogP contribution is -2.35. The molecule has 2 N–H and O–H groups in total. The monoisotopic (exact) mass is 342 g/mol. The van der Waals surface area contributed by atoms with Gasteiger partial charge in [-0.15, -0.1) is 0 Å². The highest BCUT2D eigenvalue weighted by Crippen LogP contribution is 2.35.